The van der Waals surface area contributed by atoms with Gasteiger partial charge in [0.05, 0.1) is 28.5 Å². The maximum Gasteiger partial charge on any atom is 0.338 e. The molecule has 5 rings (SSSR count). The third-order valence-electron chi connectivity index (χ3n) is 5.71. The Morgan fingerprint density at radius 1 is 1.11 bits per heavy atom. The van der Waals surface area contributed by atoms with Gasteiger partial charge in [-0.05, 0) is 48.4 Å². The van der Waals surface area contributed by atoms with Crippen LogP contribution < -0.4 is 14.9 Å². The molecular formula is C28H20ClFN2O3S. The molecule has 1 aliphatic rings. The SMILES string of the molecule is CCOC(=O)C1=C(c2ccccc2)N=c2s/c(=C\c3cccc(F)c3)c(=O)n2[C@H]1c1ccc(Cl)cc1. The highest BCUT2D eigenvalue weighted by atomic mass is 35.5. The number of thiazole rings is 1. The van der Waals surface area contributed by atoms with E-state index in [0.29, 0.717) is 31.2 Å². The van der Waals surface area contributed by atoms with Gasteiger partial charge in [-0.15, -0.1) is 0 Å². The van der Waals surface area contributed by atoms with E-state index in [1.165, 1.54) is 28.0 Å². The summed E-state index contributed by atoms with van der Waals surface area (Å²) in [6, 6.07) is 21.5. The summed E-state index contributed by atoms with van der Waals surface area (Å²) in [7, 11) is 0. The lowest BCUT2D eigenvalue weighted by molar-refractivity contribution is -0.138. The quantitative estimate of drug-likeness (QED) is 0.359. The number of rotatable bonds is 5. The number of nitrogens with zero attached hydrogens (tertiary/aromatic N) is 2. The summed E-state index contributed by atoms with van der Waals surface area (Å²) < 4.78 is 21.1. The lowest BCUT2D eigenvalue weighted by Crippen LogP contribution is -2.40. The maximum absolute atomic E-state index is 13.8. The maximum atomic E-state index is 13.8. The summed E-state index contributed by atoms with van der Waals surface area (Å²) in [6.45, 7) is 1.90. The van der Waals surface area contributed by atoms with Crippen molar-refractivity contribution in [3.8, 4) is 0 Å². The molecule has 2 heterocycles. The number of benzene rings is 3. The van der Waals surface area contributed by atoms with Crippen molar-refractivity contribution in [1.82, 2.24) is 4.57 Å². The predicted molar refractivity (Wildman–Crippen MR) is 139 cm³/mol. The van der Waals surface area contributed by atoms with Crippen LogP contribution in [0.25, 0.3) is 11.8 Å². The van der Waals surface area contributed by atoms with E-state index < -0.39 is 17.8 Å². The molecule has 180 valence electrons. The van der Waals surface area contributed by atoms with Gasteiger partial charge < -0.3 is 4.74 Å². The Kier molecular flexibility index (Phi) is 6.67. The number of carbonyl (C=O) groups is 1. The van der Waals surface area contributed by atoms with Crippen LogP contribution >= 0.6 is 22.9 Å². The van der Waals surface area contributed by atoms with Crippen molar-refractivity contribution in [2.75, 3.05) is 6.61 Å². The Balaban J connectivity index is 1.83. The molecule has 0 bridgehead atoms. The van der Waals surface area contributed by atoms with Crippen LogP contribution in [-0.2, 0) is 9.53 Å². The highest BCUT2D eigenvalue weighted by Crippen LogP contribution is 2.35. The minimum atomic E-state index is -0.789. The molecule has 0 aliphatic carbocycles. The first-order chi connectivity index (χ1) is 17.5. The Bertz CT molecular complexity index is 1660. The van der Waals surface area contributed by atoms with E-state index >= 15 is 0 Å². The molecule has 0 fully saturated rings. The summed E-state index contributed by atoms with van der Waals surface area (Å²) >= 11 is 7.32. The van der Waals surface area contributed by atoms with E-state index in [0.717, 1.165) is 5.56 Å². The fourth-order valence-corrected chi connectivity index (χ4v) is 5.28. The van der Waals surface area contributed by atoms with E-state index in [9.17, 15) is 14.0 Å². The lowest BCUT2D eigenvalue weighted by atomic mass is 9.93. The molecule has 1 aromatic heterocycles. The summed E-state index contributed by atoms with van der Waals surface area (Å²) in [6.07, 6.45) is 1.63. The highest BCUT2D eigenvalue weighted by Gasteiger charge is 2.35. The second-order valence-electron chi connectivity index (χ2n) is 8.04. The second-order valence-corrected chi connectivity index (χ2v) is 9.48. The largest absolute Gasteiger partial charge is 0.463 e. The molecule has 1 atom stereocenters. The minimum absolute atomic E-state index is 0.168. The zero-order valence-corrected chi connectivity index (χ0v) is 20.7. The molecular weight excluding hydrogens is 499 g/mol. The minimum Gasteiger partial charge on any atom is -0.463 e. The molecule has 0 saturated carbocycles. The van der Waals surface area contributed by atoms with Crippen LogP contribution in [0.4, 0.5) is 4.39 Å². The zero-order chi connectivity index (χ0) is 25.2. The van der Waals surface area contributed by atoms with Crippen LogP contribution in [0, 0.1) is 5.82 Å². The number of carbonyl (C=O) groups excluding carboxylic acids is 1. The smallest absolute Gasteiger partial charge is 0.338 e. The van der Waals surface area contributed by atoms with Crippen LogP contribution in [0.2, 0.25) is 5.02 Å². The molecule has 0 radical (unpaired) electrons. The van der Waals surface area contributed by atoms with Crippen molar-refractivity contribution in [2.45, 2.75) is 13.0 Å². The van der Waals surface area contributed by atoms with Crippen molar-refractivity contribution < 1.29 is 13.9 Å². The number of hydrogen-bond donors (Lipinski definition) is 0. The molecule has 3 aromatic carbocycles. The van der Waals surface area contributed by atoms with E-state index in [2.05, 4.69) is 0 Å². The molecule has 4 aromatic rings. The van der Waals surface area contributed by atoms with E-state index in [-0.39, 0.29) is 17.7 Å². The van der Waals surface area contributed by atoms with Crippen molar-refractivity contribution in [3.63, 3.8) is 0 Å². The highest BCUT2D eigenvalue weighted by molar-refractivity contribution is 7.07. The molecule has 5 nitrogen and oxygen atoms in total. The van der Waals surface area contributed by atoms with Gasteiger partial charge in [-0.2, -0.15) is 0 Å². The van der Waals surface area contributed by atoms with Crippen LogP contribution in [0.15, 0.2) is 94.2 Å². The van der Waals surface area contributed by atoms with E-state index in [4.69, 9.17) is 21.3 Å². The van der Waals surface area contributed by atoms with Crippen molar-refractivity contribution in [3.05, 3.63) is 132 Å². The summed E-state index contributed by atoms with van der Waals surface area (Å²) in [4.78, 5) is 32.3. The van der Waals surface area contributed by atoms with Crippen molar-refractivity contribution in [1.29, 1.82) is 0 Å². The fraction of sp³-hybridized carbons (Fsp3) is 0.107. The molecule has 0 amide bonds. The predicted octanol–water partition coefficient (Wildman–Crippen LogP) is 4.73. The van der Waals surface area contributed by atoms with Crippen molar-refractivity contribution >= 4 is 40.7 Å². The standard InChI is InChI=1S/C28H20ClFN2O3S/c1-2-35-27(34)23-24(18-8-4-3-5-9-18)31-28-32(25(23)19-11-13-20(29)14-12-19)26(33)22(36-28)16-17-7-6-10-21(30)15-17/h3-16,25H,2H2,1H3/b22-16-/t25-/m0/s1. The molecule has 0 spiro atoms. The monoisotopic (exact) mass is 518 g/mol. The van der Waals surface area contributed by atoms with Gasteiger partial charge in [0.2, 0.25) is 0 Å². The van der Waals surface area contributed by atoms with Gasteiger partial charge in [0.1, 0.15) is 5.82 Å². The molecule has 0 N–H and O–H groups in total. The number of ether oxygens (including phenoxy) is 1. The molecule has 8 heteroatoms. The van der Waals surface area contributed by atoms with Gasteiger partial charge in [-0.1, -0.05) is 77.5 Å². The summed E-state index contributed by atoms with van der Waals surface area (Å²) in [5.74, 6) is -0.953. The number of fused-ring (bicyclic) bond motifs is 1. The second kappa shape index (κ2) is 10.0. The molecule has 1 aliphatic heterocycles. The average molecular weight is 519 g/mol. The summed E-state index contributed by atoms with van der Waals surface area (Å²) in [5, 5.41) is 0.530. The van der Waals surface area contributed by atoms with Gasteiger partial charge >= 0.3 is 5.97 Å². The Labute approximate surface area is 215 Å². The number of aromatic nitrogens is 1. The Morgan fingerprint density at radius 3 is 2.56 bits per heavy atom. The van der Waals surface area contributed by atoms with Crippen LogP contribution in [0.3, 0.4) is 0 Å². The normalized spacial score (nSPS) is 15.4. The molecule has 0 unspecified atom stereocenters. The Morgan fingerprint density at radius 2 is 1.86 bits per heavy atom. The number of esters is 1. The molecule has 0 saturated heterocycles. The third kappa shape index (κ3) is 4.55. The zero-order valence-electron chi connectivity index (χ0n) is 19.2. The first-order valence-corrected chi connectivity index (χ1v) is 12.4. The fourth-order valence-electron chi connectivity index (χ4n) is 4.15. The van der Waals surface area contributed by atoms with Gasteiger partial charge in [0.25, 0.3) is 5.56 Å². The van der Waals surface area contributed by atoms with E-state index in [1.54, 1.807) is 49.4 Å². The molecule has 36 heavy (non-hydrogen) atoms. The number of hydrogen-bond acceptors (Lipinski definition) is 5. The van der Waals surface area contributed by atoms with Crippen LogP contribution in [0.1, 0.15) is 29.7 Å². The van der Waals surface area contributed by atoms with E-state index in [1.807, 2.05) is 30.3 Å². The Hall–Kier alpha value is -3.81. The van der Waals surface area contributed by atoms with Crippen LogP contribution in [0.5, 0.6) is 0 Å². The third-order valence-corrected chi connectivity index (χ3v) is 6.94. The van der Waals surface area contributed by atoms with Gasteiger partial charge in [0, 0.05) is 10.6 Å². The van der Waals surface area contributed by atoms with Crippen molar-refractivity contribution in [2.24, 2.45) is 4.99 Å². The summed E-state index contributed by atoms with van der Waals surface area (Å²) in [5.41, 5.74) is 2.32. The van der Waals surface area contributed by atoms with Gasteiger partial charge in [-0.3, -0.25) is 9.36 Å². The van der Waals surface area contributed by atoms with Crippen LogP contribution in [-0.4, -0.2) is 17.1 Å². The van der Waals surface area contributed by atoms with Gasteiger partial charge in [-0.25, -0.2) is 14.2 Å². The first kappa shape index (κ1) is 23.9. The number of halogens is 2. The van der Waals surface area contributed by atoms with Gasteiger partial charge in [0.15, 0.2) is 4.80 Å². The first-order valence-electron chi connectivity index (χ1n) is 11.3. The average Bonchev–Trinajstić information content (AvgIpc) is 3.19. The lowest BCUT2D eigenvalue weighted by Gasteiger charge is -2.25. The topological polar surface area (TPSA) is 60.7 Å².